The SMILES string of the molecule is C=C(NCC(C)CN1CCc2ccccc2C1)c1cn2cc(C3CCC3)ccc2n1. The lowest BCUT2D eigenvalue weighted by Crippen LogP contribution is -2.36. The quantitative estimate of drug-likeness (QED) is 0.615. The molecule has 0 radical (unpaired) electrons. The predicted octanol–water partition coefficient (Wildman–Crippen LogP) is 4.86. The van der Waals surface area contributed by atoms with Gasteiger partial charge in [0.2, 0.25) is 0 Å². The second kappa shape index (κ2) is 8.27. The highest BCUT2D eigenvalue weighted by atomic mass is 15.1. The number of pyridine rings is 1. The summed E-state index contributed by atoms with van der Waals surface area (Å²) in [6, 6.07) is 13.2. The molecule has 0 bridgehead atoms. The van der Waals surface area contributed by atoms with Crippen LogP contribution in [0.2, 0.25) is 0 Å². The summed E-state index contributed by atoms with van der Waals surface area (Å²) in [5.41, 5.74) is 7.29. The number of hydrogen-bond donors (Lipinski definition) is 1. The Morgan fingerprint density at radius 1 is 1.17 bits per heavy atom. The van der Waals surface area contributed by atoms with E-state index >= 15 is 0 Å². The van der Waals surface area contributed by atoms with Crippen molar-refractivity contribution in [2.45, 2.75) is 45.1 Å². The Labute approximate surface area is 179 Å². The van der Waals surface area contributed by atoms with Crippen LogP contribution in [-0.2, 0) is 13.0 Å². The number of nitrogens with one attached hydrogen (secondary N) is 1. The fourth-order valence-corrected chi connectivity index (χ4v) is 4.74. The number of benzene rings is 1. The van der Waals surface area contributed by atoms with Gasteiger partial charge in [0.15, 0.2) is 0 Å². The van der Waals surface area contributed by atoms with E-state index in [0.717, 1.165) is 55.6 Å². The monoisotopic (exact) mass is 400 g/mol. The standard InChI is InChI=1S/C26H32N4/c1-19(15-29-13-12-22-6-3-4-7-23(22)16-29)14-27-20(2)25-18-30-17-24(21-8-5-9-21)10-11-26(30)28-25/h3-4,6-7,10-11,17-19,21,27H,2,5,8-9,12-16H2,1H3. The van der Waals surface area contributed by atoms with Gasteiger partial charge in [-0.3, -0.25) is 4.90 Å². The van der Waals surface area contributed by atoms with Crippen LogP contribution in [-0.4, -0.2) is 33.9 Å². The fraction of sp³-hybridized carbons (Fsp3) is 0.423. The molecule has 2 aromatic heterocycles. The minimum Gasteiger partial charge on any atom is -0.383 e. The van der Waals surface area contributed by atoms with E-state index in [9.17, 15) is 0 Å². The first-order chi connectivity index (χ1) is 14.7. The molecule has 1 aliphatic heterocycles. The van der Waals surface area contributed by atoms with Crippen molar-refractivity contribution < 1.29 is 0 Å². The Hall–Kier alpha value is -2.59. The van der Waals surface area contributed by atoms with Crippen LogP contribution in [0.4, 0.5) is 0 Å². The molecule has 3 heterocycles. The molecule has 1 saturated carbocycles. The zero-order chi connectivity index (χ0) is 20.5. The molecule has 2 aliphatic rings. The van der Waals surface area contributed by atoms with E-state index in [-0.39, 0.29) is 0 Å². The van der Waals surface area contributed by atoms with Crippen molar-refractivity contribution in [3.8, 4) is 0 Å². The molecule has 5 rings (SSSR count). The third-order valence-electron chi connectivity index (χ3n) is 6.80. The van der Waals surface area contributed by atoms with Crippen molar-refractivity contribution in [2.75, 3.05) is 19.6 Å². The lowest BCUT2D eigenvalue weighted by Gasteiger charge is -2.31. The third kappa shape index (κ3) is 4.01. The van der Waals surface area contributed by atoms with Crippen molar-refractivity contribution in [2.24, 2.45) is 5.92 Å². The van der Waals surface area contributed by atoms with E-state index in [0.29, 0.717) is 5.92 Å². The first-order valence-electron chi connectivity index (χ1n) is 11.4. The highest BCUT2D eigenvalue weighted by molar-refractivity contribution is 5.61. The van der Waals surface area contributed by atoms with Crippen molar-refractivity contribution in [3.63, 3.8) is 0 Å². The third-order valence-corrected chi connectivity index (χ3v) is 6.80. The van der Waals surface area contributed by atoms with Crippen molar-refractivity contribution in [3.05, 3.63) is 77.8 Å². The molecule has 30 heavy (non-hydrogen) atoms. The predicted molar refractivity (Wildman–Crippen MR) is 123 cm³/mol. The molecule has 3 aromatic rings. The second-order valence-electron chi connectivity index (χ2n) is 9.20. The van der Waals surface area contributed by atoms with Gasteiger partial charge in [-0.15, -0.1) is 0 Å². The molecule has 4 heteroatoms. The molecule has 0 saturated heterocycles. The Morgan fingerprint density at radius 3 is 2.80 bits per heavy atom. The molecular weight excluding hydrogens is 368 g/mol. The molecule has 0 amide bonds. The van der Waals surface area contributed by atoms with Gasteiger partial charge < -0.3 is 9.72 Å². The summed E-state index contributed by atoms with van der Waals surface area (Å²) in [6.07, 6.45) is 9.52. The van der Waals surface area contributed by atoms with Crippen LogP contribution < -0.4 is 5.32 Å². The van der Waals surface area contributed by atoms with Gasteiger partial charge in [0.1, 0.15) is 11.3 Å². The molecule has 156 valence electrons. The summed E-state index contributed by atoms with van der Waals surface area (Å²) in [7, 11) is 0. The average molecular weight is 401 g/mol. The topological polar surface area (TPSA) is 32.6 Å². The van der Waals surface area contributed by atoms with Gasteiger partial charge in [-0.25, -0.2) is 4.98 Å². The minimum atomic E-state index is 0.550. The van der Waals surface area contributed by atoms with E-state index in [2.05, 4.69) is 76.9 Å². The van der Waals surface area contributed by atoms with Crippen molar-refractivity contribution >= 4 is 11.3 Å². The summed E-state index contributed by atoms with van der Waals surface area (Å²) in [6.45, 7) is 10.8. The van der Waals surface area contributed by atoms with Crippen LogP contribution in [0.1, 0.15) is 54.5 Å². The zero-order valence-electron chi connectivity index (χ0n) is 18.0. The molecule has 0 spiro atoms. The number of fused-ring (bicyclic) bond motifs is 2. The van der Waals surface area contributed by atoms with E-state index in [1.807, 2.05) is 0 Å². The average Bonchev–Trinajstić information content (AvgIpc) is 3.14. The summed E-state index contributed by atoms with van der Waals surface area (Å²) < 4.78 is 2.16. The molecule has 1 aromatic carbocycles. The Morgan fingerprint density at radius 2 is 2.00 bits per heavy atom. The molecule has 1 unspecified atom stereocenters. The minimum absolute atomic E-state index is 0.550. The van der Waals surface area contributed by atoms with Crippen LogP contribution >= 0.6 is 0 Å². The van der Waals surface area contributed by atoms with Crippen LogP contribution in [0.25, 0.3) is 11.3 Å². The summed E-state index contributed by atoms with van der Waals surface area (Å²) in [5.74, 6) is 1.29. The first-order valence-corrected chi connectivity index (χ1v) is 11.4. The molecular formula is C26H32N4. The largest absolute Gasteiger partial charge is 0.383 e. The second-order valence-corrected chi connectivity index (χ2v) is 9.20. The van der Waals surface area contributed by atoms with E-state index in [1.54, 1.807) is 0 Å². The maximum atomic E-state index is 4.77. The number of aromatic nitrogens is 2. The maximum Gasteiger partial charge on any atom is 0.137 e. The van der Waals surface area contributed by atoms with Gasteiger partial charge in [0.05, 0.1) is 5.70 Å². The number of nitrogens with zero attached hydrogens (tertiary/aromatic N) is 3. The van der Waals surface area contributed by atoms with Gasteiger partial charge in [0, 0.05) is 38.6 Å². The lowest BCUT2D eigenvalue weighted by atomic mass is 9.81. The van der Waals surface area contributed by atoms with E-state index in [1.165, 1.54) is 36.0 Å². The summed E-state index contributed by atoms with van der Waals surface area (Å²) in [5, 5.41) is 3.53. The maximum absolute atomic E-state index is 4.77. The van der Waals surface area contributed by atoms with Crippen molar-refractivity contribution in [1.29, 1.82) is 0 Å². The summed E-state index contributed by atoms with van der Waals surface area (Å²) >= 11 is 0. The molecule has 4 nitrogen and oxygen atoms in total. The molecule has 1 aliphatic carbocycles. The Bertz CT molecular complexity index is 1050. The Balaban J connectivity index is 1.16. The fourth-order valence-electron chi connectivity index (χ4n) is 4.74. The molecule has 1 N–H and O–H groups in total. The Kier molecular flexibility index (Phi) is 5.34. The first kappa shape index (κ1) is 19.4. The van der Waals surface area contributed by atoms with Gasteiger partial charge in [-0.2, -0.15) is 0 Å². The smallest absolute Gasteiger partial charge is 0.137 e. The molecule has 1 atom stereocenters. The number of imidazole rings is 1. The van der Waals surface area contributed by atoms with Crippen LogP contribution in [0, 0.1) is 5.92 Å². The highest BCUT2D eigenvalue weighted by Crippen LogP contribution is 2.36. The van der Waals surface area contributed by atoms with Gasteiger partial charge in [-0.05, 0) is 53.9 Å². The van der Waals surface area contributed by atoms with Crippen LogP contribution in [0.3, 0.4) is 0 Å². The van der Waals surface area contributed by atoms with Gasteiger partial charge >= 0.3 is 0 Å². The van der Waals surface area contributed by atoms with Crippen LogP contribution in [0.15, 0.2) is 55.4 Å². The summed E-state index contributed by atoms with van der Waals surface area (Å²) in [4.78, 5) is 7.34. The normalized spacial score (nSPS) is 18.0. The zero-order valence-corrected chi connectivity index (χ0v) is 18.0. The number of rotatable bonds is 7. The van der Waals surface area contributed by atoms with Gasteiger partial charge in [-0.1, -0.05) is 50.3 Å². The highest BCUT2D eigenvalue weighted by Gasteiger charge is 2.20. The van der Waals surface area contributed by atoms with Crippen molar-refractivity contribution in [1.82, 2.24) is 19.6 Å². The van der Waals surface area contributed by atoms with E-state index in [4.69, 9.17) is 4.98 Å². The molecule has 1 fully saturated rings. The van der Waals surface area contributed by atoms with Gasteiger partial charge in [0.25, 0.3) is 0 Å². The lowest BCUT2D eigenvalue weighted by molar-refractivity contribution is 0.220. The van der Waals surface area contributed by atoms with E-state index < -0.39 is 0 Å². The number of hydrogen-bond acceptors (Lipinski definition) is 3. The van der Waals surface area contributed by atoms with Crippen LogP contribution in [0.5, 0.6) is 0 Å².